The van der Waals surface area contributed by atoms with E-state index in [1.165, 1.54) is 4.68 Å². The Morgan fingerprint density at radius 3 is 2.61 bits per heavy atom. The van der Waals surface area contributed by atoms with E-state index >= 15 is 0 Å². The Bertz CT molecular complexity index is 1270. The normalized spacial score (nSPS) is 15.1. The van der Waals surface area contributed by atoms with Gasteiger partial charge in [0.05, 0.1) is 22.5 Å². The fraction of sp³-hybridized carbons (Fsp3) is 0.381. The molecule has 0 aliphatic carbocycles. The zero-order valence-corrected chi connectivity index (χ0v) is 18.4. The smallest absolute Gasteiger partial charge is 0.266 e. The molecule has 0 N–H and O–H groups in total. The van der Waals surface area contributed by atoms with Crippen molar-refractivity contribution in [3.05, 3.63) is 57.7 Å². The van der Waals surface area contributed by atoms with Gasteiger partial charge >= 0.3 is 0 Å². The minimum absolute atomic E-state index is 0.0926. The molecule has 0 unspecified atom stereocenters. The van der Waals surface area contributed by atoms with Crippen molar-refractivity contribution in [1.82, 2.24) is 34.4 Å². The lowest BCUT2D eigenvalue weighted by atomic mass is 10.3. The van der Waals surface area contributed by atoms with Crippen molar-refractivity contribution in [3.8, 4) is 5.82 Å². The molecule has 4 aromatic heterocycles. The summed E-state index contributed by atoms with van der Waals surface area (Å²) in [4.78, 5) is 25.9. The average Bonchev–Trinajstić information content (AvgIpc) is 3.39. The van der Waals surface area contributed by atoms with Gasteiger partial charge in [0, 0.05) is 44.5 Å². The third kappa shape index (κ3) is 3.96. The number of hydrogen-bond donors (Lipinski definition) is 0. The number of aromatic nitrogens is 6. The second-order valence-corrected chi connectivity index (χ2v) is 8.67. The summed E-state index contributed by atoms with van der Waals surface area (Å²) in [6.45, 7) is 8.90. The monoisotopic (exact) mass is 436 g/mol. The van der Waals surface area contributed by atoms with Crippen LogP contribution in [0.3, 0.4) is 0 Å². The highest BCUT2D eigenvalue weighted by Gasteiger charge is 2.20. The molecular weight excluding hydrogens is 412 g/mol. The number of aryl methyl sites for hydroxylation is 2. The topological polar surface area (TPSA) is 85.0 Å². The summed E-state index contributed by atoms with van der Waals surface area (Å²) in [5.41, 5.74) is 2.84. The zero-order valence-electron chi connectivity index (χ0n) is 17.6. The van der Waals surface area contributed by atoms with E-state index in [1.807, 2.05) is 26.0 Å². The first-order valence-corrected chi connectivity index (χ1v) is 11.2. The molecule has 1 fully saturated rings. The molecule has 0 atom stereocenters. The molecule has 0 bridgehead atoms. The van der Waals surface area contributed by atoms with Crippen molar-refractivity contribution in [3.63, 3.8) is 0 Å². The number of rotatable bonds is 5. The van der Waals surface area contributed by atoms with Gasteiger partial charge in [0.25, 0.3) is 5.56 Å². The van der Waals surface area contributed by atoms with Gasteiger partial charge in [-0.1, -0.05) is 0 Å². The number of nitrogens with zero attached hydrogens (tertiary/aromatic N) is 8. The maximum atomic E-state index is 12.3. The number of hydrogen-bond acceptors (Lipinski definition) is 8. The molecule has 0 saturated carbocycles. The Labute approximate surface area is 183 Å². The molecule has 1 aliphatic rings. The third-order valence-electron chi connectivity index (χ3n) is 5.60. The Morgan fingerprint density at radius 1 is 1.00 bits per heavy atom. The van der Waals surface area contributed by atoms with Crippen LogP contribution in [0, 0.1) is 13.8 Å². The highest BCUT2D eigenvalue weighted by Crippen LogP contribution is 2.28. The molecule has 31 heavy (non-hydrogen) atoms. The Kier molecular flexibility index (Phi) is 5.24. The van der Waals surface area contributed by atoms with Crippen LogP contribution in [-0.2, 0) is 6.54 Å². The van der Waals surface area contributed by atoms with E-state index in [0.29, 0.717) is 12.4 Å². The van der Waals surface area contributed by atoms with Crippen LogP contribution in [0.5, 0.6) is 0 Å². The van der Waals surface area contributed by atoms with Crippen LogP contribution in [0.15, 0.2) is 40.8 Å². The molecule has 4 aromatic rings. The summed E-state index contributed by atoms with van der Waals surface area (Å²) in [5.74, 6) is 1.69. The first kappa shape index (κ1) is 19.8. The van der Waals surface area contributed by atoms with Gasteiger partial charge < -0.3 is 4.90 Å². The second kappa shape index (κ2) is 8.20. The summed E-state index contributed by atoms with van der Waals surface area (Å²) < 4.78 is 4.46. The van der Waals surface area contributed by atoms with Crippen molar-refractivity contribution in [2.45, 2.75) is 20.4 Å². The number of piperazine rings is 1. The first-order valence-electron chi connectivity index (χ1n) is 10.4. The van der Waals surface area contributed by atoms with Crippen molar-refractivity contribution in [2.75, 3.05) is 37.6 Å². The second-order valence-electron chi connectivity index (χ2n) is 7.75. The van der Waals surface area contributed by atoms with Gasteiger partial charge in [0.1, 0.15) is 12.1 Å². The molecule has 5 rings (SSSR count). The molecule has 0 radical (unpaired) electrons. The molecule has 5 heterocycles. The summed E-state index contributed by atoms with van der Waals surface area (Å²) >= 11 is 1.69. The number of fused-ring (bicyclic) bond motifs is 1. The number of anilines is 1. The van der Waals surface area contributed by atoms with Gasteiger partial charge in [-0.2, -0.15) is 5.10 Å². The van der Waals surface area contributed by atoms with Crippen molar-refractivity contribution >= 4 is 27.4 Å². The molecule has 1 saturated heterocycles. The minimum atomic E-state index is -0.0926. The van der Waals surface area contributed by atoms with E-state index in [9.17, 15) is 4.79 Å². The Morgan fingerprint density at radius 2 is 1.84 bits per heavy atom. The molecule has 0 amide bonds. The first-order chi connectivity index (χ1) is 15.1. The maximum absolute atomic E-state index is 12.3. The van der Waals surface area contributed by atoms with E-state index in [2.05, 4.69) is 35.3 Å². The highest BCUT2D eigenvalue weighted by molar-refractivity contribution is 7.17. The van der Waals surface area contributed by atoms with Crippen molar-refractivity contribution < 1.29 is 0 Å². The molecule has 0 aromatic carbocycles. The Hall–Kier alpha value is -3.11. The third-order valence-corrected chi connectivity index (χ3v) is 6.50. The van der Waals surface area contributed by atoms with Gasteiger partial charge in [-0.25, -0.2) is 19.3 Å². The maximum Gasteiger partial charge on any atom is 0.266 e. The SMILES string of the molecule is Cc1cc(C)n(-c2ccc(=O)n(CCN3CCN(c4ncnc5ccsc45)CC3)n2)n1. The Balaban J connectivity index is 1.24. The highest BCUT2D eigenvalue weighted by atomic mass is 32.1. The standard InChI is InChI=1S/C21H24N8OS/c1-15-13-16(2)29(24-15)18-3-4-19(30)28(25-18)11-8-26-6-9-27(10-7-26)21-20-17(5-12-31-20)22-14-23-21/h3-5,12-14H,6-11H2,1-2H3. The summed E-state index contributed by atoms with van der Waals surface area (Å²) in [7, 11) is 0. The van der Waals surface area contributed by atoms with E-state index in [-0.39, 0.29) is 5.56 Å². The fourth-order valence-electron chi connectivity index (χ4n) is 3.99. The van der Waals surface area contributed by atoms with Gasteiger partial charge in [-0.05, 0) is 37.4 Å². The summed E-state index contributed by atoms with van der Waals surface area (Å²) in [6, 6.07) is 7.33. The molecule has 160 valence electrons. The van der Waals surface area contributed by atoms with Crippen LogP contribution >= 0.6 is 11.3 Å². The molecule has 0 spiro atoms. The molecule has 9 nitrogen and oxygen atoms in total. The summed E-state index contributed by atoms with van der Waals surface area (Å²) in [5, 5.41) is 11.1. The lowest BCUT2D eigenvalue weighted by Crippen LogP contribution is -2.48. The van der Waals surface area contributed by atoms with Crippen molar-refractivity contribution in [1.29, 1.82) is 0 Å². The fourth-order valence-corrected chi connectivity index (χ4v) is 4.85. The number of thiophene rings is 1. The lowest BCUT2D eigenvalue weighted by Gasteiger charge is -2.35. The molecule has 1 aliphatic heterocycles. The van der Waals surface area contributed by atoms with Crippen LogP contribution in [0.2, 0.25) is 0 Å². The van der Waals surface area contributed by atoms with Gasteiger partial charge in [-0.15, -0.1) is 16.4 Å². The van der Waals surface area contributed by atoms with Gasteiger partial charge in [0.2, 0.25) is 0 Å². The van der Waals surface area contributed by atoms with Crippen LogP contribution in [0.1, 0.15) is 11.4 Å². The van der Waals surface area contributed by atoms with Crippen LogP contribution in [0.4, 0.5) is 5.82 Å². The largest absolute Gasteiger partial charge is 0.353 e. The van der Waals surface area contributed by atoms with E-state index in [0.717, 1.165) is 60.1 Å². The van der Waals surface area contributed by atoms with Crippen LogP contribution < -0.4 is 10.5 Å². The van der Waals surface area contributed by atoms with E-state index in [1.54, 1.807) is 34.5 Å². The zero-order chi connectivity index (χ0) is 21.4. The van der Waals surface area contributed by atoms with E-state index < -0.39 is 0 Å². The van der Waals surface area contributed by atoms with Gasteiger partial charge in [-0.3, -0.25) is 9.69 Å². The van der Waals surface area contributed by atoms with Crippen LogP contribution in [0.25, 0.3) is 16.0 Å². The van der Waals surface area contributed by atoms with Crippen LogP contribution in [-0.4, -0.2) is 67.2 Å². The van der Waals surface area contributed by atoms with E-state index in [4.69, 9.17) is 0 Å². The summed E-state index contributed by atoms with van der Waals surface area (Å²) in [6.07, 6.45) is 1.64. The minimum Gasteiger partial charge on any atom is -0.353 e. The predicted molar refractivity (Wildman–Crippen MR) is 121 cm³/mol. The van der Waals surface area contributed by atoms with Gasteiger partial charge in [0.15, 0.2) is 5.82 Å². The predicted octanol–water partition coefficient (Wildman–Crippen LogP) is 1.87. The average molecular weight is 437 g/mol. The molecular formula is C21H24N8OS. The quantitative estimate of drug-likeness (QED) is 0.472. The molecule has 10 heteroatoms. The van der Waals surface area contributed by atoms with Crippen molar-refractivity contribution in [2.24, 2.45) is 0 Å². The lowest BCUT2D eigenvalue weighted by molar-refractivity contribution is 0.242.